The van der Waals surface area contributed by atoms with Gasteiger partial charge in [-0.2, -0.15) is 0 Å². The number of Topliss-reactive ketones (excluding diaryl/α,β-unsaturated/α-hetero) is 1. The summed E-state index contributed by atoms with van der Waals surface area (Å²) in [5, 5.41) is 0. The highest BCUT2D eigenvalue weighted by Crippen LogP contribution is 2.23. The summed E-state index contributed by atoms with van der Waals surface area (Å²) < 4.78 is 13.6. The van der Waals surface area contributed by atoms with Gasteiger partial charge >= 0.3 is 0 Å². The maximum absolute atomic E-state index is 13.6. The fourth-order valence-electron chi connectivity index (χ4n) is 3.05. The number of nitrogens with zero attached hydrogens (tertiary/aromatic N) is 2. The van der Waals surface area contributed by atoms with Crippen molar-refractivity contribution in [3.8, 4) is 0 Å². The van der Waals surface area contributed by atoms with Crippen LogP contribution >= 0.6 is 0 Å². The van der Waals surface area contributed by atoms with Crippen LogP contribution in [0.3, 0.4) is 0 Å². The molecule has 0 radical (unpaired) electrons. The lowest BCUT2D eigenvalue weighted by molar-refractivity contribution is -0.130. The minimum absolute atomic E-state index is 0.150. The summed E-state index contributed by atoms with van der Waals surface area (Å²) in [6.45, 7) is 2.29. The molecule has 0 aromatic heterocycles. The van der Waals surface area contributed by atoms with Crippen LogP contribution < -0.4 is 0 Å². The van der Waals surface area contributed by atoms with E-state index < -0.39 is 5.82 Å². The van der Waals surface area contributed by atoms with Crippen LogP contribution in [0.5, 0.6) is 0 Å². The van der Waals surface area contributed by atoms with E-state index in [1.165, 1.54) is 12.1 Å². The molecule has 2 heterocycles. The smallest absolute Gasteiger partial charge is 0.222 e. The van der Waals surface area contributed by atoms with Crippen molar-refractivity contribution in [2.45, 2.75) is 18.9 Å². The zero-order chi connectivity index (χ0) is 14.1. The van der Waals surface area contributed by atoms with Crippen LogP contribution in [-0.2, 0) is 4.79 Å². The van der Waals surface area contributed by atoms with Crippen LogP contribution in [0, 0.1) is 5.82 Å². The van der Waals surface area contributed by atoms with Gasteiger partial charge in [0.1, 0.15) is 5.82 Å². The van der Waals surface area contributed by atoms with E-state index in [2.05, 4.69) is 0 Å². The van der Waals surface area contributed by atoms with Gasteiger partial charge in [-0.3, -0.25) is 14.5 Å². The molecule has 1 aromatic carbocycles. The van der Waals surface area contributed by atoms with Gasteiger partial charge in [0.25, 0.3) is 0 Å². The highest BCUT2D eigenvalue weighted by molar-refractivity contribution is 5.97. The van der Waals surface area contributed by atoms with Crippen molar-refractivity contribution >= 4 is 11.7 Å². The van der Waals surface area contributed by atoms with Gasteiger partial charge in [-0.05, 0) is 18.6 Å². The third kappa shape index (κ3) is 2.45. The number of hydrogen-bond acceptors (Lipinski definition) is 3. The van der Waals surface area contributed by atoms with Crippen LogP contribution in [0.4, 0.5) is 4.39 Å². The summed E-state index contributed by atoms with van der Waals surface area (Å²) in [7, 11) is 0. The number of carbonyl (C=O) groups is 2. The minimum Gasteiger partial charge on any atom is -0.337 e. The zero-order valence-electron chi connectivity index (χ0n) is 11.2. The fourth-order valence-corrected chi connectivity index (χ4v) is 3.05. The molecule has 2 aliphatic rings. The van der Waals surface area contributed by atoms with Crippen LogP contribution in [-0.4, -0.2) is 53.7 Å². The van der Waals surface area contributed by atoms with Crippen LogP contribution in [0.15, 0.2) is 24.3 Å². The summed E-state index contributed by atoms with van der Waals surface area (Å²) in [5.74, 6) is -0.442. The minimum atomic E-state index is -0.466. The van der Waals surface area contributed by atoms with E-state index in [4.69, 9.17) is 0 Å². The Labute approximate surface area is 117 Å². The lowest BCUT2D eigenvalue weighted by atomic mass is 10.1. The quantitative estimate of drug-likeness (QED) is 0.782. The van der Waals surface area contributed by atoms with Gasteiger partial charge in [-0.1, -0.05) is 12.1 Å². The summed E-state index contributed by atoms with van der Waals surface area (Å²) in [4.78, 5) is 27.7. The van der Waals surface area contributed by atoms with Gasteiger partial charge in [0, 0.05) is 32.1 Å². The van der Waals surface area contributed by atoms with Crippen LogP contribution in [0.25, 0.3) is 0 Å². The third-order valence-electron chi connectivity index (χ3n) is 4.12. The van der Waals surface area contributed by atoms with E-state index >= 15 is 0 Å². The Morgan fingerprint density at radius 3 is 2.90 bits per heavy atom. The van der Waals surface area contributed by atoms with Gasteiger partial charge in [0.05, 0.1) is 12.1 Å². The van der Waals surface area contributed by atoms with E-state index in [1.807, 2.05) is 9.80 Å². The van der Waals surface area contributed by atoms with E-state index in [-0.39, 0.29) is 29.8 Å². The number of benzene rings is 1. The van der Waals surface area contributed by atoms with Gasteiger partial charge < -0.3 is 4.90 Å². The summed E-state index contributed by atoms with van der Waals surface area (Å²) in [5.41, 5.74) is 0.150. The molecule has 0 N–H and O–H groups in total. The number of halogens is 1. The molecule has 0 spiro atoms. The second-order valence-electron chi connectivity index (χ2n) is 5.42. The molecule has 2 aliphatic heterocycles. The number of carbonyl (C=O) groups excluding carboxylic acids is 2. The maximum Gasteiger partial charge on any atom is 0.222 e. The van der Waals surface area contributed by atoms with Crippen LogP contribution in [0.1, 0.15) is 23.2 Å². The van der Waals surface area contributed by atoms with E-state index in [1.54, 1.807) is 12.1 Å². The molecule has 1 amide bonds. The molecule has 1 atom stereocenters. The first-order chi connectivity index (χ1) is 9.65. The van der Waals surface area contributed by atoms with Crippen LogP contribution in [0.2, 0.25) is 0 Å². The van der Waals surface area contributed by atoms with Crippen molar-refractivity contribution < 1.29 is 14.0 Å². The zero-order valence-corrected chi connectivity index (χ0v) is 11.2. The first-order valence-electron chi connectivity index (χ1n) is 6.94. The molecular weight excluding hydrogens is 259 g/mol. The lowest BCUT2D eigenvalue weighted by Gasteiger charge is -2.37. The Kier molecular flexibility index (Phi) is 3.53. The average molecular weight is 276 g/mol. The number of fused-ring (bicyclic) bond motifs is 1. The predicted octanol–water partition coefficient (Wildman–Crippen LogP) is 1.31. The molecule has 20 heavy (non-hydrogen) atoms. The largest absolute Gasteiger partial charge is 0.337 e. The molecule has 2 saturated heterocycles. The van der Waals surface area contributed by atoms with Crippen molar-refractivity contribution in [1.82, 2.24) is 9.80 Å². The molecule has 0 saturated carbocycles. The summed E-state index contributed by atoms with van der Waals surface area (Å²) in [6, 6.07) is 6.30. The fraction of sp³-hybridized carbons (Fsp3) is 0.467. The van der Waals surface area contributed by atoms with E-state index in [9.17, 15) is 14.0 Å². The van der Waals surface area contributed by atoms with Crippen molar-refractivity contribution in [3.05, 3.63) is 35.6 Å². The Morgan fingerprint density at radius 1 is 1.30 bits per heavy atom. The molecule has 5 heteroatoms. The first-order valence-corrected chi connectivity index (χ1v) is 6.94. The van der Waals surface area contributed by atoms with Crippen molar-refractivity contribution in [2.75, 3.05) is 26.2 Å². The van der Waals surface area contributed by atoms with E-state index in [0.717, 1.165) is 6.42 Å². The third-order valence-corrected chi connectivity index (χ3v) is 4.12. The highest BCUT2D eigenvalue weighted by atomic mass is 19.1. The van der Waals surface area contributed by atoms with Crippen molar-refractivity contribution in [1.29, 1.82) is 0 Å². The molecule has 1 unspecified atom stereocenters. The molecular formula is C15H17FN2O2. The maximum atomic E-state index is 13.6. The number of amides is 1. The molecule has 106 valence electrons. The van der Waals surface area contributed by atoms with Gasteiger partial charge in [-0.15, -0.1) is 0 Å². The Bertz CT molecular complexity index is 546. The summed E-state index contributed by atoms with van der Waals surface area (Å²) >= 11 is 0. The molecule has 0 aliphatic carbocycles. The normalized spacial score (nSPS) is 22.9. The van der Waals surface area contributed by atoms with Crippen molar-refractivity contribution in [2.24, 2.45) is 0 Å². The summed E-state index contributed by atoms with van der Waals surface area (Å²) in [6.07, 6.45) is 1.48. The molecule has 1 aromatic rings. The molecule has 4 nitrogen and oxygen atoms in total. The lowest BCUT2D eigenvalue weighted by Crippen LogP contribution is -2.52. The predicted molar refractivity (Wildman–Crippen MR) is 71.9 cm³/mol. The SMILES string of the molecule is O=C(CN1CCN2C(=O)CCC2C1)c1ccccc1F. The van der Waals surface area contributed by atoms with Gasteiger partial charge in [0.2, 0.25) is 5.91 Å². The second-order valence-corrected chi connectivity index (χ2v) is 5.42. The Hall–Kier alpha value is -1.75. The topological polar surface area (TPSA) is 40.6 Å². The van der Waals surface area contributed by atoms with E-state index in [0.29, 0.717) is 26.1 Å². The van der Waals surface area contributed by atoms with Gasteiger partial charge in [-0.25, -0.2) is 4.39 Å². The second kappa shape index (κ2) is 5.32. The molecule has 3 rings (SSSR count). The highest BCUT2D eigenvalue weighted by Gasteiger charge is 2.35. The number of hydrogen-bond donors (Lipinski definition) is 0. The number of rotatable bonds is 3. The molecule has 2 fully saturated rings. The standard InChI is InChI=1S/C15H17FN2O2/c16-13-4-2-1-3-12(13)14(19)10-17-7-8-18-11(9-17)5-6-15(18)20/h1-4,11H,5-10H2. The monoisotopic (exact) mass is 276 g/mol. The Balaban J connectivity index is 1.63. The van der Waals surface area contributed by atoms with Crippen molar-refractivity contribution in [3.63, 3.8) is 0 Å². The van der Waals surface area contributed by atoms with Gasteiger partial charge in [0.15, 0.2) is 5.78 Å². The molecule has 0 bridgehead atoms. The number of ketones is 1. The average Bonchev–Trinajstić information content (AvgIpc) is 2.80. The Morgan fingerprint density at radius 2 is 2.10 bits per heavy atom. The first kappa shape index (κ1) is 13.2. The number of piperazine rings is 1.